The molecule has 1 fully saturated rings. The standard InChI is InChI=1S/C21H26N2O2/c1-15-8-5-6-9-17(15)19-11-7-10-18(22-19)16-12-13-23(14-16)20(24)25-21(2,3)4/h5-11,16H,12-14H2,1-4H3/t16-/m1/s1. The lowest BCUT2D eigenvalue weighted by atomic mass is 10.0. The van der Waals surface area contributed by atoms with Crippen LogP contribution in [0.15, 0.2) is 42.5 Å². The predicted molar refractivity (Wildman–Crippen MR) is 99.6 cm³/mol. The fourth-order valence-corrected chi connectivity index (χ4v) is 3.18. The van der Waals surface area contributed by atoms with Crippen molar-refractivity contribution in [1.29, 1.82) is 0 Å². The number of amides is 1. The second-order valence-electron chi connectivity index (χ2n) is 7.67. The monoisotopic (exact) mass is 338 g/mol. The molecule has 0 N–H and O–H groups in total. The van der Waals surface area contributed by atoms with E-state index in [-0.39, 0.29) is 12.0 Å². The predicted octanol–water partition coefficient (Wildman–Crippen LogP) is 4.78. The summed E-state index contributed by atoms with van der Waals surface area (Å²) in [6, 6.07) is 14.4. The molecule has 1 aliphatic rings. The van der Waals surface area contributed by atoms with Gasteiger partial charge >= 0.3 is 6.09 Å². The molecule has 0 radical (unpaired) electrons. The minimum atomic E-state index is -0.460. The van der Waals surface area contributed by atoms with Gasteiger partial charge in [-0.3, -0.25) is 4.98 Å². The van der Waals surface area contributed by atoms with Gasteiger partial charge in [0.1, 0.15) is 5.60 Å². The summed E-state index contributed by atoms with van der Waals surface area (Å²) in [7, 11) is 0. The van der Waals surface area contributed by atoms with E-state index >= 15 is 0 Å². The van der Waals surface area contributed by atoms with Crippen LogP contribution in [0.25, 0.3) is 11.3 Å². The zero-order valence-electron chi connectivity index (χ0n) is 15.5. The Labute approximate surface area is 149 Å². The van der Waals surface area contributed by atoms with Crippen molar-refractivity contribution in [3.05, 3.63) is 53.7 Å². The molecule has 0 bridgehead atoms. The van der Waals surface area contributed by atoms with Crippen LogP contribution in [0.4, 0.5) is 4.79 Å². The molecule has 0 saturated carbocycles. The van der Waals surface area contributed by atoms with Gasteiger partial charge in [-0.15, -0.1) is 0 Å². The maximum absolute atomic E-state index is 12.3. The van der Waals surface area contributed by atoms with Crippen molar-refractivity contribution in [2.24, 2.45) is 0 Å². The molecule has 1 amide bonds. The molecule has 25 heavy (non-hydrogen) atoms. The fraction of sp³-hybridized carbons (Fsp3) is 0.429. The minimum Gasteiger partial charge on any atom is -0.444 e. The van der Waals surface area contributed by atoms with E-state index in [2.05, 4.69) is 31.2 Å². The lowest BCUT2D eigenvalue weighted by Gasteiger charge is -2.24. The molecule has 0 unspecified atom stereocenters. The highest BCUT2D eigenvalue weighted by Crippen LogP contribution is 2.29. The largest absolute Gasteiger partial charge is 0.444 e. The van der Waals surface area contributed by atoms with E-state index in [9.17, 15) is 4.79 Å². The third kappa shape index (κ3) is 4.19. The Morgan fingerprint density at radius 1 is 1.16 bits per heavy atom. The van der Waals surface area contributed by atoms with Gasteiger partial charge in [0.2, 0.25) is 0 Å². The molecular formula is C21H26N2O2. The maximum atomic E-state index is 12.3. The van der Waals surface area contributed by atoms with E-state index in [0.717, 1.165) is 29.9 Å². The van der Waals surface area contributed by atoms with E-state index in [0.29, 0.717) is 6.54 Å². The molecule has 1 aliphatic heterocycles. The summed E-state index contributed by atoms with van der Waals surface area (Å²) in [6.07, 6.45) is 0.689. The van der Waals surface area contributed by atoms with Gasteiger partial charge < -0.3 is 9.64 Å². The van der Waals surface area contributed by atoms with Crippen LogP contribution in [0.5, 0.6) is 0 Å². The topological polar surface area (TPSA) is 42.4 Å². The first-order chi connectivity index (χ1) is 11.8. The Balaban J connectivity index is 1.75. The number of rotatable bonds is 2. The SMILES string of the molecule is Cc1ccccc1-c1cccc([C@@H]2CCN(C(=O)OC(C)(C)C)C2)n1. The Morgan fingerprint density at radius 3 is 2.64 bits per heavy atom. The first-order valence-corrected chi connectivity index (χ1v) is 8.84. The van der Waals surface area contributed by atoms with Crippen molar-refractivity contribution in [3.8, 4) is 11.3 Å². The molecule has 4 heteroatoms. The Bertz CT molecular complexity index is 764. The lowest BCUT2D eigenvalue weighted by Crippen LogP contribution is -2.35. The third-order valence-corrected chi connectivity index (χ3v) is 4.45. The van der Waals surface area contributed by atoms with Gasteiger partial charge in [0, 0.05) is 30.3 Å². The summed E-state index contributed by atoms with van der Waals surface area (Å²) in [6.45, 7) is 9.17. The minimum absolute atomic E-state index is 0.231. The Morgan fingerprint density at radius 2 is 1.92 bits per heavy atom. The third-order valence-electron chi connectivity index (χ3n) is 4.45. The average Bonchev–Trinajstić information content (AvgIpc) is 3.04. The number of likely N-dealkylation sites (tertiary alicyclic amines) is 1. The number of ether oxygens (including phenoxy) is 1. The molecule has 3 rings (SSSR count). The highest BCUT2D eigenvalue weighted by molar-refractivity contribution is 5.68. The summed E-state index contributed by atoms with van der Waals surface area (Å²) in [5.41, 5.74) is 3.96. The molecule has 1 aromatic carbocycles. The molecule has 1 saturated heterocycles. The van der Waals surface area contributed by atoms with Gasteiger partial charge in [-0.25, -0.2) is 4.79 Å². The smallest absolute Gasteiger partial charge is 0.410 e. The summed E-state index contributed by atoms with van der Waals surface area (Å²) < 4.78 is 5.48. The highest BCUT2D eigenvalue weighted by Gasteiger charge is 2.31. The number of benzene rings is 1. The first-order valence-electron chi connectivity index (χ1n) is 8.84. The van der Waals surface area contributed by atoms with Crippen LogP contribution in [0.3, 0.4) is 0 Å². The van der Waals surface area contributed by atoms with Crippen LogP contribution in [0.1, 0.15) is 44.4 Å². The summed E-state index contributed by atoms with van der Waals surface area (Å²) in [4.78, 5) is 18.9. The number of carbonyl (C=O) groups excluding carboxylic acids is 1. The number of aryl methyl sites for hydroxylation is 1. The van der Waals surface area contributed by atoms with E-state index < -0.39 is 5.60 Å². The van der Waals surface area contributed by atoms with E-state index in [1.165, 1.54) is 5.56 Å². The number of carbonyl (C=O) groups is 1. The number of aromatic nitrogens is 1. The summed E-state index contributed by atoms with van der Waals surface area (Å²) in [5.74, 6) is 0.261. The van der Waals surface area contributed by atoms with E-state index in [1.807, 2.05) is 39.0 Å². The number of pyridine rings is 1. The van der Waals surface area contributed by atoms with Gasteiger partial charge in [-0.2, -0.15) is 0 Å². The van der Waals surface area contributed by atoms with Gasteiger partial charge in [0.05, 0.1) is 5.69 Å². The van der Waals surface area contributed by atoms with Crippen molar-refractivity contribution in [2.75, 3.05) is 13.1 Å². The molecule has 0 spiro atoms. The first kappa shape index (κ1) is 17.5. The van der Waals surface area contributed by atoms with E-state index in [4.69, 9.17) is 9.72 Å². The fourth-order valence-electron chi connectivity index (χ4n) is 3.18. The van der Waals surface area contributed by atoms with Gasteiger partial charge in [-0.1, -0.05) is 30.3 Å². The van der Waals surface area contributed by atoms with Gasteiger partial charge in [0.15, 0.2) is 0 Å². The van der Waals surface area contributed by atoms with Crippen LogP contribution in [-0.2, 0) is 4.74 Å². The van der Waals surface area contributed by atoms with Gasteiger partial charge in [-0.05, 0) is 51.8 Å². The highest BCUT2D eigenvalue weighted by atomic mass is 16.6. The Kier molecular flexibility index (Phi) is 4.80. The second-order valence-corrected chi connectivity index (χ2v) is 7.67. The zero-order chi connectivity index (χ0) is 18.0. The van der Waals surface area contributed by atoms with Gasteiger partial charge in [0.25, 0.3) is 0 Å². The maximum Gasteiger partial charge on any atom is 0.410 e. The van der Waals surface area contributed by atoms with Crippen molar-refractivity contribution < 1.29 is 9.53 Å². The normalized spacial score (nSPS) is 17.6. The van der Waals surface area contributed by atoms with Crippen LogP contribution in [0, 0.1) is 6.92 Å². The molecular weight excluding hydrogens is 312 g/mol. The molecule has 4 nitrogen and oxygen atoms in total. The average molecular weight is 338 g/mol. The number of hydrogen-bond acceptors (Lipinski definition) is 3. The van der Waals surface area contributed by atoms with Crippen LogP contribution in [-0.4, -0.2) is 34.7 Å². The van der Waals surface area contributed by atoms with Crippen molar-refractivity contribution in [1.82, 2.24) is 9.88 Å². The second kappa shape index (κ2) is 6.87. The molecule has 2 heterocycles. The molecule has 0 aliphatic carbocycles. The zero-order valence-corrected chi connectivity index (χ0v) is 15.5. The quantitative estimate of drug-likeness (QED) is 0.791. The number of nitrogens with zero attached hydrogens (tertiary/aromatic N) is 2. The number of hydrogen-bond donors (Lipinski definition) is 0. The van der Waals surface area contributed by atoms with Crippen molar-refractivity contribution in [3.63, 3.8) is 0 Å². The molecule has 2 aromatic rings. The van der Waals surface area contributed by atoms with Crippen LogP contribution >= 0.6 is 0 Å². The Hall–Kier alpha value is -2.36. The van der Waals surface area contributed by atoms with Crippen molar-refractivity contribution in [2.45, 2.75) is 45.6 Å². The summed E-state index contributed by atoms with van der Waals surface area (Å²) in [5, 5.41) is 0. The van der Waals surface area contributed by atoms with E-state index in [1.54, 1.807) is 4.90 Å². The molecule has 1 aromatic heterocycles. The lowest BCUT2D eigenvalue weighted by molar-refractivity contribution is 0.0292. The summed E-state index contributed by atoms with van der Waals surface area (Å²) >= 11 is 0. The van der Waals surface area contributed by atoms with Crippen LogP contribution < -0.4 is 0 Å². The molecule has 132 valence electrons. The van der Waals surface area contributed by atoms with Crippen LogP contribution in [0.2, 0.25) is 0 Å². The molecule has 1 atom stereocenters. The van der Waals surface area contributed by atoms with Crippen molar-refractivity contribution >= 4 is 6.09 Å².